The summed E-state index contributed by atoms with van der Waals surface area (Å²) in [5, 5.41) is 14.1. The van der Waals surface area contributed by atoms with Crippen LogP contribution in [0.2, 0.25) is 0 Å². The molecule has 1 atom stereocenters. The van der Waals surface area contributed by atoms with Crippen LogP contribution in [0.5, 0.6) is 0 Å². The normalized spacial score (nSPS) is 13.6. The quantitative estimate of drug-likeness (QED) is 0.672. The van der Waals surface area contributed by atoms with E-state index in [0.717, 1.165) is 0 Å². The summed E-state index contributed by atoms with van der Waals surface area (Å²) in [4.78, 5) is 0.0917. The van der Waals surface area contributed by atoms with E-state index in [9.17, 15) is 8.42 Å². The largest absolute Gasteiger partial charge is 0.325 e. The van der Waals surface area contributed by atoms with E-state index in [2.05, 4.69) is 25.1 Å². The van der Waals surface area contributed by atoms with Crippen molar-refractivity contribution in [2.75, 3.05) is 0 Å². The van der Waals surface area contributed by atoms with E-state index < -0.39 is 16.1 Å². The fourth-order valence-electron chi connectivity index (χ4n) is 1.99. The molecular weight excluding hydrogens is 282 g/mol. The number of nitrogens with one attached hydrogen (secondary N) is 2. The van der Waals surface area contributed by atoms with Crippen molar-refractivity contribution in [2.24, 2.45) is 12.8 Å². The van der Waals surface area contributed by atoms with Gasteiger partial charge in [-0.3, -0.25) is 5.10 Å². The van der Waals surface area contributed by atoms with Gasteiger partial charge in [-0.05, 0) is 13.8 Å². The van der Waals surface area contributed by atoms with Gasteiger partial charge in [0.1, 0.15) is 17.0 Å². The van der Waals surface area contributed by atoms with Gasteiger partial charge in [0.05, 0.1) is 17.4 Å². The lowest BCUT2D eigenvalue weighted by Gasteiger charge is -2.13. The smallest absolute Gasteiger partial charge is 0.244 e. The van der Waals surface area contributed by atoms with Gasteiger partial charge in [-0.25, -0.2) is 13.1 Å². The van der Waals surface area contributed by atoms with Crippen LogP contribution in [0, 0.1) is 6.92 Å². The maximum absolute atomic E-state index is 12.4. The first-order valence-electron chi connectivity index (χ1n) is 5.97. The fourth-order valence-corrected chi connectivity index (χ4v) is 3.57. The summed E-state index contributed by atoms with van der Waals surface area (Å²) >= 11 is 0. The topological polar surface area (TPSA) is 132 Å². The SMILES string of the molecule is Cc1[nH]nc(CN)c1S(=O)(=O)NC(C)c1nncn1C. The van der Waals surface area contributed by atoms with Crippen molar-refractivity contribution in [1.29, 1.82) is 0 Å². The van der Waals surface area contributed by atoms with Crippen molar-refractivity contribution in [3.05, 3.63) is 23.5 Å². The summed E-state index contributed by atoms with van der Waals surface area (Å²) in [7, 11) is -1.99. The predicted octanol–water partition coefficient (Wildman–Crippen LogP) is -0.655. The monoisotopic (exact) mass is 299 g/mol. The third-order valence-electron chi connectivity index (χ3n) is 2.89. The van der Waals surface area contributed by atoms with E-state index in [4.69, 9.17) is 5.73 Å². The van der Waals surface area contributed by atoms with E-state index in [1.54, 1.807) is 25.5 Å². The van der Waals surface area contributed by atoms with Gasteiger partial charge in [0.25, 0.3) is 0 Å². The van der Waals surface area contributed by atoms with Gasteiger partial charge in [0.15, 0.2) is 0 Å². The molecule has 0 spiro atoms. The summed E-state index contributed by atoms with van der Waals surface area (Å²) < 4.78 is 29.1. The van der Waals surface area contributed by atoms with Crippen LogP contribution in [0.3, 0.4) is 0 Å². The van der Waals surface area contributed by atoms with Crippen LogP contribution in [0.25, 0.3) is 0 Å². The molecular formula is C10H17N7O2S. The Balaban J connectivity index is 2.32. The highest BCUT2D eigenvalue weighted by Gasteiger charge is 2.27. The Bertz CT molecular complexity index is 703. The second kappa shape index (κ2) is 5.31. The second-order valence-electron chi connectivity index (χ2n) is 4.47. The molecule has 2 heterocycles. The Morgan fingerprint density at radius 2 is 2.25 bits per heavy atom. The maximum Gasteiger partial charge on any atom is 0.244 e. The highest BCUT2D eigenvalue weighted by Crippen LogP contribution is 2.20. The Hall–Kier alpha value is -1.78. The van der Waals surface area contributed by atoms with Crippen LogP contribution in [-0.2, 0) is 23.6 Å². The van der Waals surface area contributed by atoms with E-state index in [0.29, 0.717) is 17.2 Å². The maximum atomic E-state index is 12.4. The Labute approximate surface area is 116 Å². The molecule has 0 bridgehead atoms. The molecule has 0 amide bonds. The Morgan fingerprint density at radius 1 is 1.55 bits per heavy atom. The zero-order valence-electron chi connectivity index (χ0n) is 11.5. The molecule has 0 aromatic carbocycles. The molecule has 0 radical (unpaired) electrons. The molecule has 0 aliphatic carbocycles. The zero-order chi connectivity index (χ0) is 14.9. The Kier molecular flexibility index (Phi) is 3.88. The first-order chi connectivity index (χ1) is 9.36. The number of aromatic nitrogens is 5. The predicted molar refractivity (Wildman–Crippen MR) is 71.0 cm³/mol. The van der Waals surface area contributed by atoms with Gasteiger partial charge in [0, 0.05) is 13.6 Å². The van der Waals surface area contributed by atoms with E-state index in [1.165, 1.54) is 6.33 Å². The number of nitrogens with zero attached hydrogens (tertiary/aromatic N) is 4. The molecule has 1 unspecified atom stereocenters. The minimum absolute atomic E-state index is 0.0406. The minimum Gasteiger partial charge on any atom is -0.325 e. The highest BCUT2D eigenvalue weighted by molar-refractivity contribution is 7.89. The number of hydrogen-bond donors (Lipinski definition) is 3. The highest BCUT2D eigenvalue weighted by atomic mass is 32.2. The van der Waals surface area contributed by atoms with Crippen LogP contribution in [-0.4, -0.2) is 33.4 Å². The molecule has 4 N–H and O–H groups in total. The second-order valence-corrected chi connectivity index (χ2v) is 6.12. The molecule has 20 heavy (non-hydrogen) atoms. The molecule has 0 aliphatic rings. The average Bonchev–Trinajstić information content (AvgIpc) is 2.94. The van der Waals surface area contributed by atoms with Crippen LogP contribution in [0.4, 0.5) is 0 Å². The number of rotatable bonds is 5. The van der Waals surface area contributed by atoms with Gasteiger partial charge in [-0.1, -0.05) is 0 Å². The molecule has 2 aromatic heterocycles. The van der Waals surface area contributed by atoms with Crippen molar-refractivity contribution in [1.82, 2.24) is 29.7 Å². The standard InChI is InChI=1S/C10H17N7O2S/c1-6-9(8(4-11)14-13-6)20(18,19)16-7(2)10-15-12-5-17(10)3/h5,7,16H,4,11H2,1-3H3,(H,13,14). The van der Waals surface area contributed by atoms with Crippen molar-refractivity contribution < 1.29 is 8.42 Å². The third-order valence-corrected chi connectivity index (χ3v) is 4.63. The van der Waals surface area contributed by atoms with Crippen molar-refractivity contribution in [3.63, 3.8) is 0 Å². The molecule has 0 aliphatic heterocycles. The molecule has 110 valence electrons. The molecule has 2 aromatic rings. The lowest BCUT2D eigenvalue weighted by molar-refractivity contribution is 0.551. The molecule has 0 saturated carbocycles. The summed E-state index contributed by atoms with van der Waals surface area (Å²) in [5.41, 5.74) is 6.26. The van der Waals surface area contributed by atoms with Crippen molar-refractivity contribution >= 4 is 10.0 Å². The number of aryl methyl sites for hydroxylation is 2. The number of H-pyrrole nitrogens is 1. The van der Waals surface area contributed by atoms with Crippen LogP contribution in [0.1, 0.15) is 30.2 Å². The van der Waals surface area contributed by atoms with Gasteiger partial charge in [-0.15, -0.1) is 10.2 Å². The molecule has 9 nitrogen and oxygen atoms in total. The van der Waals surface area contributed by atoms with Crippen LogP contribution < -0.4 is 10.5 Å². The minimum atomic E-state index is -3.74. The lowest BCUT2D eigenvalue weighted by Crippen LogP contribution is -2.29. The number of nitrogens with two attached hydrogens (primary N) is 1. The summed E-state index contributed by atoms with van der Waals surface area (Å²) in [6, 6.07) is -0.521. The first-order valence-corrected chi connectivity index (χ1v) is 7.45. The van der Waals surface area contributed by atoms with Crippen LogP contribution >= 0.6 is 0 Å². The fraction of sp³-hybridized carbons (Fsp3) is 0.500. The molecule has 2 rings (SSSR count). The number of hydrogen-bond acceptors (Lipinski definition) is 6. The number of aromatic amines is 1. The first kappa shape index (κ1) is 14.6. The van der Waals surface area contributed by atoms with Gasteiger partial charge in [-0.2, -0.15) is 5.10 Å². The van der Waals surface area contributed by atoms with Crippen LogP contribution in [0.15, 0.2) is 11.2 Å². The van der Waals surface area contributed by atoms with E-state index in [-0.39, 0.29) is 11.4 Å². The zero-order valence-corrected chi connectivity index (χ0v) is 12.3. The van der Waals surface area contributed by atoms with Crippen molar-refractivity contribution in [3.8, 4) is 0 Å². The van der Waals surface area contributed by atoms with E-state index in [1.807, 2.05) is 0 Å². The van der Waals surface area contributed by atoms with E-state index >= 15 is 0 Å². The van der Waals surface area contributed by atoms with Gasteiger partial charge >= 0.3 is 0 Å². The average molecular weight is 299 g/mol. The molecule has 10 heteroatoms. The third kappa shape index (κ3) is 2.57. The van der Waals surface area contributed by atoms with Gasteiger partial charge in [0.2, 0.25) is 10.0 Å². The lowest BCUT2D eigenvalue weighted by atomic mass is 10.3. The van der Waals surface area contributed by atoms with Crippen molar-refractivity contribution in [2.45, 2.75) is 31.3 Å². The molecule has 0 saturated heterocycles. The Morgan fingerprint density at radius 3 is 2.80 bits per heavy atom. The number of sulfonamides is 1. The summed E-state index contributed by atoms with van der Waals surface area (Å²) in [6.45, 7) is 3.37. The molecule has 0 fully saturated rings. The summed E-state index contributed by atoms with van der Waals surface area (Å²) in [6.07, 6.45) is 1.51. The summed E-state index contributed by atoms with van der Waals surface area (Å²) in [5.74, 6) is 0.518. The van der Waals surface area contributed by atoms with Gasteiger partial charge < -0.3 is 10.3 Å².